The molecular weight excluding hydrogens is 357 g/mol. The van der Waals surface area contributed by atoms with Crippen molar-refractivity contribution in [1.82, 2.24) is 9.97 Å². The number of rotatable bonds is 5. The van der Waals surface area contributed by atoms with E-state index in [-0.39, 0.29) is 5.02 Å². The summed E-state index contributed by atoms with van der Waals surface area (Å²) < 4.78 is 14.8. The molecule has 112 valence electrons. The molecule has 0 fully saturated rings. The Morgan fingerprint density at radius 1 is 1.29 bits per heavy atom. The molecule has 1 N–H and O–H groups in total. The molecule has 6 heteroatoms. The number of anilines is 1. The summed E-state index contributed by atoms with van der Waals surface area (Å²) in [5, 5.41) is 3.30. The lowest BCUT2D eigenvalue weighted by Gasteiger charge is -2.11. The second-order valence-electron chi connectivity index (χ2n) is 4.52. The van der Waals surface area contributed by atoms with Gasteiger partial charge in [-0.15, -0.1) is 0 Å². The Morgan fingerprint density at radius 2 is 2.05 bits per heavy atom. The molecule has 3 nitrogen and oxygen atoms in total. The third-order valence-corrected chi connectivity index (χ3v) is 4.15. The fourth-order valence-electron chi connectivity index (χ4n) is 2.00. The lowest BCUT2D eigenvalue weighted by atomic mass is 10.1. The van der Waals surface area contributed by atoms with Crippen LogP contribution in [0.1, 0.15) is 30.9 Å². The normalized spacial score (nSPS) is 10.7. The average molecular weight is 373 g/mol. The predicted octanol–water partition coefficient (Wildman–Crippen LogP) is 4.62. The molecule has 0 saturated carbocycles. The highest BCUT2D eigenvalue weighted by atomic mass is 79.9. The molecule has 0 atom stereocenters. The number of nitrogens with zero attached hydrogens (tertiary/aromatic N) is 2. The molecule has 1 heterocycles. The van der Waals surface area contributed by atoms with Crippen molar-refractivity contribution >= 4 is 33.3 Å². The standard InChI is InChI=1S/C15H16BrClFN3/c1-3-11-13(16)15(19-4-2)21-12(20-11)8-9-6-5-7-10(17)14(9)18/h5-7H,3-4,8H2,1-2H3,(H,19,20,21). The van der Waals surface area contributed by atoms with E-state index in [1.165, 1.54) is 6.07 Å². The largest absolute Gasteiger partial charge is 0.369 e. The van der Waals surface area contributed by atoms with Crippen LogP contribution in [0.5, 0.6) is 0 Å². The van der Waals surface area contributed by atoms with Crippen LogP contribution in [0.15, 0.2) is 22.7 Å². The predicted molar refractivity (Wildman–Crippen MR) is 87.5 cm³/mol. The number of halogens is 3. The number of nitrogens with one attached hydrogen (secondary N) is 1. The molecule has 1 aromatic heterocycles. The number of hydrogen-bond acceptors (Lipinski definition) is 3. The van der Waals surface area contributed by atoms with Gasteiger partial charge in [-0.25, -0.2) is 14.4 Å². The zero-order valence-corrected chi connectivity index (χ0v) is 14.2. The minimum Gasteiger partial charge on any atom is -0.369 e. The Bertz CT molecular complexity index is 649. The molecule has 0 aliphatic heterocycles. The molecule has 2 aromatic rings. The van der Waals surface area contributed by atoms with E-state index in [2.05, 4.69) is 31.2 Å². The van der Waals surface area contributed by atoms with E-state index in [0.717, 1.165) is 29.0 Å². The van der Waals surface area contributed by atoms with E-state index in [9.17, 15) is 4.39 Å². The van der Waals surface area contributed by atoms with Gasteiger partial charge >= 0.3 is 0 Å². The minimum atomic E-state index is -0.409. The van der Waals surface area contributed by atoms with Gasteiger partial charge in [-0.3, -0.25) is 0 Å². The molecular formula is C15H16BrClFN3. The van der Waals surface area contributed by atoms with Crippen LogP contribution in [0.3, 0.4) is 0 Å². The van der Waals surface area contributed by atoms with Gasteiger partial charge in [-0.2, -0.15) is 0 Å². The van der Waals surface area contributed by atoms with Crippen LogP contribution in [0.4, 0.5) is 10.2 Å². The second-order valence-corrected chi connectivity index (χ2v) is 5.72. The first-order valence-corrected chi connectivity index (χ1v) is 7.95. The highest BCUT2D eigenvalue weighted by molar-refractivity contribution is 9.10. The van der Waals surface area contributed by atoms with Crippen LogP contribution in [-0.4, -0.2) is 16.5 Å². The van der Waals surface area contributed by atoms with Crippen molar-refractivity contribution in [1.29, 1.82) is 0 Å². The zero-order chi connectivity index (χ0) is 15.4. The molecule has 0 spiro atoms. The molecule has 0 bridgehead atoms. The summed E-state index contributed by atoms with van der Waals surface area (Å²) in [5.74, 6) is 0.905. The fraction of sp³-hybridized carbons (Fsp3) is 0.333. The van der Waals surface area contributed by atoms with E-state index in [4.69, 9.17) is 11.6 Å². The molecule has 2 rings (SSSR count). The van der Waals surface area contributed by atoms with E-state index in [0.29, 0.717) is 17.8 Å². The Labute approximate surface area is 137 Å². The second kappa shape index (κ2) is 7.18. The van der Waals surface area contributed by atoms with Crippen LogP contribution < -0.4 is 5.32 Å². The number of benzene rings is 1. The van der Waals surface area contributed by atoms with Crippen LogP contribution >= 0.6 is 27.5 Å². The first kappa shape index (κ1) is 16.2. The van der Waals surface area contributed by atoms with Gasteiger partial charge in [-0.05, 0) is 40.9 Å². The van der Waals surface area contributed by atoms with Crippen molar-refractivity contribution in [2.45, 2.75) is 26.7 Å². The summed E-state index contributed by atoms with van der Waals surface area (Å²) in [6, 6.07) is 4.96. The van der Waals surface area contributed by atoms with Gasteiger partial charge in [-0.1, -0.05) is 30.7 Å². The van der Waals surface area contributed by atoms with Gasteiger partial charge < -0.3 is 5.32 Å². The Morgan fingerprint density at radius 3 is 2.71 bits per heavy atom. The summed E-state index contributed by atoms with van der Waals surface area (Å²) in [7, 11) is 0. The Hall–Kier alpha value is -1.20. The third-order valence-electron chi connectivity index (χ3n) is 3.03. The van der Waals surface area contributed by atoms with Gasteiger partial charge in [0, 0.05) is 13.0 Å². The summed E-state index contributed by atoms with van der Waals surface area (Å²) in [4.78, 5) is 8.95. The summed E-state index contributed by atoms with van der Waals surface area (Å²) in [6.45, 7) is 4.77. The van der Waals surface area contributed by atoms with Crippen LogP contribution in [0, 0.1) is 5.82 Å². The molecule has 0 aliphatic rings. The maximum atomic E-state index is 14.0. The molecule has 1 aromatic carbocycles. The van der Waals surface area contributed by atoms with Crippen LogP contribution in [-0.2, 0) is 12.8 Å². The topological polar surface area (TPSA) is 37.8 Å². The summed E-state index contributed by atoms with van der Waals surface area (Å²) in [5.41, 5.74) is 1.40. The minimum absolute atomic E-state index is 0.118. The number of aryl methyl sites for hydroxylation is 1. The van der Waals surface area contributed by atoms with E-state index < -0.39 is 5.82 Å². The quantitative estimate of drug-likeness (QED) is 0.832. The molecule has 0 amide bonds. The average Bonchev–Trinajstić information content (AvgIpc) is 2.47. The maximum Gasteiger partial charge on any atom is 0.145 e. The smallest absolute Gasteiger partial charge is 0.145 e. The van der Waals surface area contributed by atoms with Crippen molar-refractivity contribution < 1.29 is 4.39 Å². The number of hydrogen-bond donors (Lipinski definition) is 1. The van der Waals surface area contributed by atoms with Gasteiger partial charge in [0.05, 0.1) is 15.2 Å². The van der Waals surface area contributed by atoms with Crippen molar-refractivity contribution in [2.24, 2.45) is 0 Å². The Balaban J connectivity index is 2.39. The van der Waals surface area contributed by atoms with Crippen LogP contribution in [0.2, 0.25) is 5.02 Å². The summed E-state index contributed by atoms with van der Waals surface area (Å²) >= 11 is 9.31. The maximum absolute atomic E-state index is 14.0. The summed E-state index contributed by atoms with van der Waals surface area (Å²) in [6.07, 6.45) is 1.08. The van der Waals surface area contributed by atoms with E-state index in [1.807, 2.05) is 13.8 Å². The van der Waals surface area contributed by atoms with E-state index in [1.54, 1.807) is 12.1 Å². The van der Waals surface area contributed by atoms with Gasteiger partial charge in [0.1, 0.15) is 17.5 Å². The first-order valence-electron chi connectivity index (χ1n) is 6.78. The SMILES string of the molecule is CCNc1nc(Cc2cccc(Cl)c2F)nc(CC)c1Br. The Kier molecular flexibility index (Phi) is 5.53. The number of aromatic nitrogens is 2. The van der Waals surface area contributed by atoms with Crippen molar-refractivity contribution in [3.8, 4) is 0 Å². The van der Waals surface area contributed by atoms with Crippen molar-refractivity contribution in [3.05, 3.63) is 50.6 Å². The van der Waals surface area contributed by atoms with Crippen molar-refractivity contribution in [3.63, 3.8) is 0 Å². The lowest BCUT2D eigenvalue weighted by Crippen LogP contribution is -2.08. The van der Waals surface area contributed by atoms with Gasteiger partial charge in [0.25, 0.3) is 0 Å². The molecule has 0 unspecified atom stereocenters. The van der Waals surface area contributed by atoms with E-state index >= 15 is 0 Å². The highest BCUT2D eigenvalue weighted by Gasteiger charge is 2.13. The van der Waals surface area contributed by atoms with Crippen molar-refractivity contribution in [2.75, 3.05) is 11.9 Å². The molecule has 0 aliphatic carbocycles. The molecule has 0 saturated heterocycles. The highest BCUT2D eigenvalue weighted by Crippen LogP contribution is 2.26. The first-order chi connectivity index (χ1) is 10.1. The van der Waals surface area contributed by atoms with Gasteiger partial charge in [0.15, 0.2) is 0 Å². The molecule has 0 radical (unpaired) electrons. The third kappa shape index (κ3) is 3.71. The molecule has 21 heavy (non-hydrogen) atoms. The lowest BCUT2D eigenvalue weighted by molar-refractivity contribution is 0.612. The van der Waals surface area contributed by atoms with Gasteiger partial charge in [0.2, 0.25) is 0 Å². The van der Waals surface area contributed by atoms with Crippen LogP contribution in [0.25, 0.3) is 0 Å². The monoisotopic (exact) mass is 371 g/mol. The zero-order valence-electron chi connectivity index (χ0n) is 11.9. The fourth-order valence-corrected chi connectivity index (χ4v) is 2.79.